The summed E-state index contributed by atoms with van der Waals surface area (Å²) in [6.07, 6.45) is 4.52. The molecule has 0 aromatic heterocycles. The van der Waals surface area contributed by atoms with Crippen molar-refractivity contribution in [2.24, 2.45) is 0 Å². The molecule has 0 spiro atoms. The van der Waals surface area contributed by atoms with Crippen LogP contribution in [0, 0.1) is 0 Å². The molecular weight excluding hydrogens is 294 g/mol. The van der Waals surface area contributed by atoms with E-state index in [1.807, 2.05) is 18.2 Å². The van der Waals surface area contributed by atoms with Crippen molar-refractivity contribution in [3.05, 3.63) is 66.2 Å². The predicted molar refractivity (Wildman–Crippen MR) is 90.8 cm³/mol. The topological polar surface area (TPSA) is 37.4 Å². The molecule has 0 saturated carbocycles. The van der Waals surface area contributed by atoms with Crippen LogP contribution in [-0.4, -0.2) is 27.8 Å². The molecule has 0 aliphatic carbocycles. The van der Waals surface area contributed by atoms with Crippen LogP contribution in [0.15, 0.2) is 65.6 Å². The molecule has 22 heavy (non-hydrogen) atoms. The van der Waals surface area contributed by atoms with Crippen molar-refractivity contribution in [3.63, 3.8) is 0 Å². The van der Waals surface area contributed by atoms with Gasteiger partial charge in [0.1, 0.15) is 0 Å². The van der Waals surface area contributed by atoms with E-state index in [1.54, 1.807) is 12.1 Å². The third-order valence-electron chi connectivity index (χ3n) is 3.93. The van der Waals surface area contributed by atoms with E-state index in [-0.39, 0.29) is 0 Å². The molecule has 0 N–H and O–H groups in total. The Bertz CT molecular complexity index is 778. The summed E-state index contributed by atoms with van der Waals surface area (Å²) < 4.78 is 23.1. The first-order valence-electron chi connectivity index (χ1n) is 7.33. The fourth-order valence-corrected chi connectivity index (χ4v) is 3.36. The molecule has 2 aromatic carbocycles. The Kier molecular flexibility index (Phi) is 4.03. The summed E-state index contributed by atoms with van der Waals surface area (Å²) in [6, 6.07) is 17.5. The molecule has 0 unspecified atom stereocenters. The first kappa shape index (κ1) is 14.9. The normalized spacial score (nSPS) is 15.5. The average molecular weight is 313 g/mol. The molecule has 0 saturated heterocycles. The molecule has 114 valence electrons. The molecule has 0 radical (unpaired) electrons. The smallest absolute Gasteiger partial charge is 0.175 e. The van der Waals surface area contributed by atoms with Crippen LogP contribution in [0.2, 0.25) is 0 Å². The summed E-state index contributed by atoms with van der Waals surface area (Å²) in [6.45, 7) is 1.80. The third kappa shape index (κ3) is 3.22. The molecule has 1 aliphatic rings. The molecule has 1 heterocycles. The summed E-state index contributed by atoms with van der Waals surface area (Å²) in [4.78, 5) is 2.65. The Morgan fingerprint density at radius 3 is 2.27 bits per heavy atom. The molecule has 1 aliphatic heterocycles. The maximum absolute atomic E-state index is 11.5. The van der Waals surface area contributed by atoms with Gasteiger partial charge in [-0.3, -0.25) is 0 Å². The first-order valence-corrected chi connectivity index (χ1v) is 9.23. The number of rotatable bonds is 3. The van der Waals surface area contributed by atoms with E-state index in [9.17, 15) is 8.42 Å². The van der Waals surface area contributed by atoms with Crippen LogP contribution < -0.4 is 4.90 Å². The van der Waals surface area contributed by atoms with Gasteiger partial charge in [0.25, 0.3) is 0 Å². The quantitative estimate of drug-likeness (QED) is 0.872. The lowest BCUT2D eigenvalue weighted by Crippen LogP contribution is -2.29. The van der Waals surface area contributed by atoms with Crippen LogP contribution in [0.3, 0.4) is 0 Å². The van der Waals surface area contributed by atoms with Crippen molar-refractivity contribution in [2.75, 3.05) is 24.2 Å². The van der Waals surface area contributed by atoms with E-state index >= 15 is 0 Å². The number of hydrogen-bond acceptors (Lipinski definition) is 3. The van der Waals surface area contributed by atoms with Gasteiger partial charge in [-0.2, -0.15) is 0 Å². The zero-order chi connectivity index (χ0) is 15.6. The van der Waals surface area contributed by atoms with Gasteiger partial charge in [0.05, 0.1) is 4.90 Å². The Balaban J connectivity index is 1.81. The van der Waals surface area contributed by atoms with Gasteiger partial charge in [-0.1, -0.05) is 36.4 Å². The van der Waals surface area contributed by atoms with Crippen molar-refractivity contribution in [1.29, 1.82) is 0 Å². The van der Waals surface area contributed by atoms with Gasteiger partial charge in [-0.15, -0.1) is 0 Å². The zero-order valence-electron chi connectivity index (χ0n) is 12.6. The van der Waals surface area contributed by atoms with Crippen molar-refractivity contribution in [3.8, 4) is 0 Å². The van der Waals surface area contributed by atoms with Gasteiger partial charge in [0.15, 0.2) is 9.84 Å². The predicted octanol–water partition coefficient (Wildman–Crippen LogP) is 3.38. The molecular formula is C18H19NO2S. The standard InChI is InChI=1S/C18H19NO2S/c1-22(20,21)18-11-9-17(10-12-18)19-13-5-8-16(14-19)15-6-3-2-4-7-15/h2-4,6-12H,5,13-14H2,1H3. The SMILES string of the molecule is CS(=O)(=O)c1ccc(N2CCC=C(c3ccccc3)C2)cc1. The summed E-state index contributed by atoms with van der Waals surface area (Å²) in [5, 5.41) is 0. The molecule has 0 fully saturated rings. The van der Waals surface area contributed by atoms with Crippen LogP contribution in [0.4, 0.5) is 5.69 Å². The lowest BCUT2D eigenvalue weighted by atomic mass is 10.0. The molecule has 0 amide bonds. The summed E-state index contributed by atoms with van der Waals surface area (Å²) >= 11 is 0. The second-order valence-electron chi connectivity index (χ2n) is 5.57. The van der Waals surface area contributed by atoms with Crippen molar-refractivity contribution in [2.45, 2.75) is 11.3 Å². The van der Waals surface area contributed by atoms with Gasteiger partial charge in [-0.25, -0.2) is 8.42 Å². The Labute approximate surface area is 131 Å². The largest absolute Gasteiger partial charge is 0.367 e. The highest BCUT2D eigenvalue weighted by atomic mass is 32.2. The van der Waals surface area contributed by atoms with Gasteiger partial charge in [-0.05, 0) is 41.8 Å². The molecule has 4 heteroatoms. The number of anilines is 1. The van der Waals surface area contributed by atoms with E-state index in [1.165, 1.54) is 17.4 Å². The van der Waals surface area contributed by atoms with E-state index in [0.717, 1.165) is 25.2 Å². The average Bonchev–Trinajstić information content (AvgIpc) is 2.55. The van der Waals surface area contributed by atoms with E-state index < -0.39 is 9.84 Å². The second-order valence-corrected chi connectivity index (χ2v) is 7.59. The summed E-state index contributed by atoms with van der Waals surface area (Å²) in [5.41, 5.74) is 3.63. The molecule has 3 nitrogen and oxygen atoms in total. The third-order valence-corrected chi connectivity index (χ3v) is 5.05. The Morgan fingerprint density at radius 2 is 1.64 bits per heavy atom. The zero-order valence-corrected chi connectivity index (χ0v) is 13.4. The second kappa shape index (κ2) is 5.97. The number of hydrogen-bond donors (Lipinski definition) is 0. The highest BCUT2D eigenvalue weighted by Crippen LogP contribution is 2.26. The number of sulfone groups is 1. The first-order chi connectivity index (χ1) is 10.5. The minimum Gasteiger partial charge on any atom is -0.367 e. The van der Waals surface area contributed by atoms with Crippen LogP contribution in [0.1, 0.15) is 12.0 Å². The maximum atomic E-state index is 11.5. The van der Waals surface area contributed by atoms with Crippen molar-refractivity contribution < 1.29 is 8.42 Å². The minimum atomic E-state index is -3.13. The van der Waals surface area contributed by atoms with Gasteiger partial charge < -0.3 is 4.90 Å². The van der Waals surface area contributed by atoms with E-state index in [4.69, 9.17) is 0 Å². The van der Waals surface area contributed by atoms with Gasteiger partial charge in [0.2, 0.25) is 0 Å². The Morgan fingerprint density at radius 1 is 0.955 bits per heavy atom. The van der Waals surface area contributed by atoms with Crippen LogP contribution in [-0.2, 0) is 9.84 Å². The monoisotopic (exact) mass is 313 g/mol. The van der Waals surface area contributed by atoms with Crippen molar-refractivity contribution in [1.82, 2.24) is 0 Å². The van der Waals surface area contributed by atoms with Crippen LogP contribution >= 0.6 is 0 Å². The van der Waals surface area contributed by atoms with Crippen molar-refractivity contribution >= 4 is 21.1 Å². The summed E-state index contributed by atoms with van der Waals surface area (Å²) in [7, 11) is -3.13. The molecule has 3 rings (SSSR count). The number of nitrogens with zero attached hydrogens (tertiary/aromatic N) is 1. The highest BCUT2D eigenvalue weighted by Gasteiger charge is 2.15. The fourth-order valence-electron chi connectivity index (χ4n) is 2.73. The van der Waals surface area contributed by atoms with Gasteiger partial charge in [0, 0.05) is 25.0 Å². The maximum Gasteiger partial charge on any atom is 0.175 e. The minimum absolute atomic E-state index is 0.368. The lowest BCUT2D eigenvalue weighted by molar-refractivity contribution is 0.602. The fraction of sp³-hybridized carbons (Fsp3) is 0.222. The highest BCUT2D eigenvalue weighted by molar-refractivity contribution is 7.90. The van der Waals surface area contributed by atoms with Crippen LogP contribution in [0.25, 0.3) is 5.57 Å². The van der Waals surface area contributed by atoms with Gasteiger partial charge >= 0.3 is 0 Å². The van der Waals surface area contributed by atoms with E-state index in [2.05, 4.69) is 35.2 Å². The van der Waals surface area contributed by atoms with Crippen LogP contribution in [0.5, 0.6) is 0 Å². The lowest BCUT2D eigenvalue weighted by Gasteiger charge is -2.29. The Hall–Kier alpha value is -2.07. The number of benzene rings is 2. The summed E-state index contributed by atoms with van der Waals surface area (Å²) in [5.74, 6) is 0. The molecule has 0 atom stereocenters. The molecule has 2 aromatic rings. The molecule has 0 bridgehead atoms. The van der Waals surface area contributed by atoms with E-state index in [0.29, 0.717) is 4.90 Å².